The molecule has 6 nitrogen and oxygen atoms in total. The molecule has 1 aliphatic rings. The van der Waals surface area contributed by atoms with E-state index < -0.39 is 0 Å². The molecule has 0 bridgehead atoms. The molecule has 0 aliphatic carbocycles. The zero-order valence-corrected chi connectivity index (χ0v) is 13.2. The Morgan fingerprint density at radius 2 is 2.05 bits per heavy atom. The Kier molecular flexibility index (Phi) is 5.28. The van der Waals surface area contributed by atoms with Crippen molar-refractivity contribution in [3.8, 4) is 0 Å². The molecule has 0 atom stereocenters. The first kappa shape index (κ1) is 15.2. The number of hydrogen-bond acceptors (Lipinski definition) is 4. The Balaban J connectivity index is 1.87. The van der Waals surface area contributed by atoms with Crippen molar-refractivity contribution in [2.45, 2.75) is 44.3 Å². The van der Waals surface area contributed by atoms with Crippen LogP contribution < -0.4 is 5.32 Å². The summed E-state index contributed by atoms with van der Waals surface area (Å²) in [5.41, 5.74) is 0. The van der Waals surface area contributed by atoms with Gasteiger partial charge in [-0.1, -0.05) is 11.8 Å². The Hall–Kier alpha value is -1.24. The van der Waals surface area contributed by atoms with Gasteiger partial charge in [-0.2, -0.15) is 0 Å². The van der Waals surface area contributed by atoms with E-state index in [-0.39, 0.29) is 6.03 Å². The Morgan fingerprint density at radius 1 is 1.35 bits per heavy atom. The summed E-state index contributed by atoms with van der Waals surface area (Å²) < 4.78 is 2.13. The highest BCUT2D eigenvalue weighted by Crippen LogP contribution is 2.19. The molecule has 7 heteroatoms. The van der Waals surface area contributed by atoms with Crippen LogP contribution in [0.5, 0.6) is 0 Å². The van der Waals surface area contributed by atoms with Crippen LogP contribution in [0.1, 0.15) is 38.6 Å². The second kappa shape index (κ2) is 6.97. The van der Waals surface area contributed by atoms with Gasteiger partial charge >= 0.3 is 6.03 Å². The molecule has 0 saturated carbocycles. The van der Waals surface area contributed by atoms with E-state index in [9.17, 15) is 4.79 Å². The normalized spacial score (nSPS) is 15.1. The predicted octanol–water partition coefficient (Wildman–Crippen LogP) is 1.93. The average Bonchev–Trinajstić information content (AvgIpc) is 3.07. The summed E-state index contributed by atoms with van der Waals surface area (Å²) in [5.74, 6) is 0.936. The van der Waals surface area contributed by atoms with Crippen LogP contribution >= 0.6 is 11.8 Å². The Morgan fingerprint density at radius 3 is 2.65 bits per heavy atom. The highest BCUT2D eigenvalue weighted by molar-refractivity contribution is 7.98. The lowest BCUT2D eigenvalue weighted by Gasteiger charge is -2.16. The molecular weight excluding hydrogens is 274 g/mol. The lowest BCUT2D eigenvalue weighted by molar-refractivity contribution is 0.209. The fraction of sp³-hybridized carbons (Fsp3) is 0.769. The minimum Gasteiger partial charge on any atom is -0.338 e. The number of carbonyl (C=O) groups is 1. The number of amides is 2. The largest absolute Gasteiger partial charge is 0.338 e. The van der Waals surface area contributed by atoms with Crippen LogP contribution in [0.4, 0.5) is 4.79 Å². The van der Waals surface area contributed by atoms with Gasteiger partial charge in [0.25, 0.3) is 0 Å². The first-order valence-electron chi connectivity index (χ1n) is 7.14. The van der Waals surface area contributed by atoms with Gasteiger partial charge in [0.2, 0.25) is 0 Å². The number of hydrogen-bond donors (Lipinski definition) is 1. The van der Waals surface area contributed by atoms with Crippen molar-refractivity contribution in [1.29, 1.82) is 0 Å². The molecular formula is C13H23N5OS. The van der Waals surface area contributed by atoms with Gasteiger partial charge < -0.3 is 14.8 Å². The molecule has 20 heavy (non-hydrogen) atoms. The zero-order chi connectivity index (χ0) is 14.5. The molecule has 0 aromatic carbocycles. The SMILES string of the molecule is CSc1nnc(CCNC(=O)N2CCCC2)n1C(C)C. The second-order valence-corrected chi connectivity index (χ2v) is 6.02. The van der Waals surface area contributed by atoms with Gasteiger partial charge in [-0.05, 0) is 32.9 Å². The van der Waals surface area contributed by atoms with E-state index in [4.69, 9.17) is 0 Å². The molecule has 112 valence electrons. The molecule has 1 fully saturated rings. The van der Waals surface area contributed by atoms with Crippen molar-refractivity contribution in [3.63, 3.8) is 0 Å². The maximum Gasteiger partial charge on any atom is 0.317 e. The van der Waals surface area contributed by atoms with Crippen molar-refractivity contribution in [3.05, 3.63) is 5.82 Å². The van der Waals surface area contributed by atoms with Gasteiger partial charge in [0.15, 0.2) is 5.16 Å². The molecule has 0 radical (unpaired) electrons. The fourth-order valence-corrected chi connectivity index (χ4v) is 3.08. The van der Waals surface area contributed by atoms with Gasteiger partial charge in [0, 0.05) is 32.1 Å². The van der Waals surface area contributed by atoms with Crippen molar-refractivity contribution >= 4 is 17.8 Å². The van der Waals surface area contributed by atoms with E-state index >= 15 is 0 Å². The summed E-state index contributed by atoms with van der Waals surface area (Å²) >= 11 is 1.60. The first-order chi connectivity index (χ1) is 9.63. The third-order valence-corrected chi connectivity index (χ3v) is 4.10. The number of nitrogens with zero attached hydrogens (tertiary/aromatic N) is 4. The van der Waals surface area contributed by atoms with Crippen LogP contribution in [0.25, 0.3) is 0 Å². The summed E-state index contributed by atoms with van der Waals surface area (Å²) in [6.07, 6.45) is 4.95. The summed E-state index contributed by atoms with van der Waals surface area (Å²) in [4.78, 5) is 13.8. The third-order valence-electron chi connectivity index (χ3n) is 3.45. The smallest absolute Gasteiger partial charge is 0.317 e. The third kappa shape index (κ3) is 3.45. The first-order valence-corrected chi connectivity index (χ1v) is 8.36. The van der Waals surface area contributed by atoms with Crippen LogP contribution in [0.2, 0.25) is 0 Å². The van der Waals surface area contributed by atoms with Crippen LogP contribution in [0.3, 0.4) is 0 Å². The van der Waals surface area contributed by atoms with E-state index in [1.165, 1.54) is 0 Å². The van der Waals surface area contributed by atoms with Gasteiger partial charge in [0.05, 0.1) is 0 Å². The number of urea groups is 1. The van der Waals surface area contributed by atoms with Crippen molar-refractivity contribution in [1.82, 2.24) is 25.0 Å². The van der Waals surface area contributed by atoms with Crippen LogP contribution in [-0.4, -0.2) is 51.6 Å². The van der Waals surface area contributed by atoms with E-state index in [1.807, 2.05) is 11.2 Å². The van der Waals surface area contributed by atoms with Crippen molar-refractivity contribution in [2.75, 3.05) is 25.9 Å². The number of aromatic nitrogens is 3. The standard InChI is InChI=1S/C13H23N5OS/c1-10(2)18-11(15-16-13(18)20-3)6-7-14-12(19)17-8-4-5-9-17/h10H,4-9H2,1-3H3,(H,14,19). The maximum atomic E-state index is 11.9. The molecule has 0 unspecified atom stereocenters. The summed E-state index contributed by atoms with van der Waals surface area (Å²) in [7, 11) is 0. The number of likely N-dealkylation sites (tertiary alicyclic amines) is 1. The Labute approximate surface area is 124 Å². The minimum absolute atomic E-state index is 0.0446. The highest BCUT2D eigenvalue weighted by atomic mass is 32.2. The highest BCUT2D eigenvalue weighted by Gasteiger charge is 2.18. The number of rotatable bonds is 5. The molecule has 1 saturated heterocycles. The van der Waals surface area contributed by atoms with Crippen molar-refractivity contribution in [2.24, 2.45) is 0 Å². The van der Waals surface area contributed by atoms with Crippen LogP contribution in [0, 0.1) is 0 Å². The lowest BCUT2D eigenvalue weighted by atomic mass is 10.3. The molecule has 1 N–H and O–H groups in total. The molecule has 2 rings (SSSR count). The van der Waals surface area contributed by atoms with Crippen LogP contribution in [-0.2, 0) is 6.42 Å². The summed E-state index contributed by atoms with van der Waals surface area (Å²) in [5, 5.41) is 12.3. The predicted molar refractivity (Wildman–Crippen MR) is 80.1 cm³/mol. The molecule has 1 aromatic heterocycles. The maximum absolute atomic E-state index is 11.9. The second-order valence-electron chi connectivity index (χ2n) is 5.24. The molecule has 1 aliphatic heterocycles. The topological polar surface area (TPSA) is 63.1 Å². The van der Waals surface area contributed by atoms with E-state index in [1.54, 1.807) is 11.8 Å². The summed E-state index contributed by atoms with van der Waals surface area (Å²) in [6, 6.07) is 0.375. The fourth-order valence-electron chi connectivity index (χ4n) is 2.45. The molecule has 0 spiro atoms. The van der Waals surface area contributed by atoms with Gasteiger partial charge in [0.1, 0.15) is 5.82 Å². The van der Waals surface area contributed by atoms with E-state index in [2.05, 4.69) is 33.9 Å². The van der Waals surface area contributed by atoms with Gasteiger partial charge in [-0.15, -0.1) is 10.2 Å². The molecule has 1 aromatic rings. The van der Waals surface area contributed by atoms with Gasteiger partial charge in [-0.3, -0.25) is 0 Å². The monoisotopic (exact) mass is 297 g/mol. The summed E-state index contributed by atoms with van der Waals surface area (Å²) in [6.45, 7) is 6.61. The quantitative estimate of drug-likeness (QED) is 0.844. The van der Waals surface area contributed by atoms with Gasteiger partial charge in [-0.25, -0.2) is 4.79 Å². The van der Waals surface area contributed by atoms with Crippen LogP contribution in [0.15, 0.2) is 5.16 Å². The van der Waals surface area contributed by atoms with Crippen molar-refractivity contribution < 1.29 is 4.79 Å². The average molecular weight is 297 g/mol. The number of thioether (sulfide) groups is 1. The van der Waals surface area contributed by atoms with E-state index in [0.717, 1.165) is 36.9 Å². The lowest BCUT2D eigenvalue weighted by Crippen LogP contribution is -2.39. The van der Waals surface area contributed by atoms with E-state index in [0.29, 0.717) is 19.0 Å². The number of carbonyl (C=O) groups excluding carboxylic acids is 1. The number of nitrogens with one attached hydrogen (secondary N) is 1. The zero-order valence-electron chi connectivity index (χ0n) is 12.4. The molecule has 2 heterocycles. The molecule has 2 amide bonds. The minimum atomic E-state index is 0.0446. The Bertz CT molecular complexity index is 454.